The fourth-order valence-electron chi connectivity index (χ4n) is 1.51. The van der Waals surface area contributed by atoms with Crippen LogP contribution in [0, 0.1) is 0 Å². The molecule has 0 unspecified atom stereocenters. The third-order valence-electron chi connectivity index (χ3n) is 2.44. The molecule has 2 rings (SSSR count). The summed E-state index contributed by atoms with van der Waals surface area (Å²) in [5.74, 6) is 0. The average molecular weight is 257 g/mol. The Kier molecular flexibility index (Phi) is 3.21. The highest BCUT2D eigenvalue weighted by atomic mass is 79.9. The quantitative estimate of drug-likeness (QED) is 0.901. The fourth-order valence-corrected chi connectivity index (χ4v) is 1.96. The zero-order chi connectivity index (χ0) is 9.97. The molecule has 0 bridgehead atoms. The van der Waals surface area contributed by atoms with E-state index in [9.17, 15) is 0 Å². The van der Waals surface area contributed by atoms with Crippen molar-refractivity contribution in [3.63, 3.8) is 0 Å². The Morgan fingerprint density at radius 3 is 2.86 bits per heavy atom. The molecule has 0 spiro atoms. The summed E-state index contributed by atoms with van der Waals surface area (Å²) >= 11 is 3.41. The first-order chi connectivity index (χ1) is 6.74. The van der Waals surface area contributed by atoms with Gasteiger partial charge in [0.25, 0.3) is 0 Å². The van der Waals surface area contributed by atoms with E-state index in [4.69, 9.17) is 9.84 Å². The van der Waals surface area contributed by atoms with E-state index in [2.05, 4.69) is 22.0 Å². The Balaban J connectivity index is 1.80. The van der Waals surface area contributed by atoms with Crippen LogP contribution in [0.5, 0.6) is 0 Å². The van der Waals surface area contributed by atoms with Crippen LogP contribution in [0.1, 0.15) is 18.4 Å². The van der Waals surface area contributed by atoms with Crippen molar-refractivity contribution in [1.29, 1.82) is 0 Å². The Bertz CT molecular complexity index is 308. The highest BCUT2D eigenvalue weighted by molar-refractivity contribution is 9.10. The predicted octanol–water partition coefficient (Wildman–Crippen LogP) is 2.49. The molecule has 0 aliphatic heterocycles. The lowest BCUT2D eigenvalue weighted by Gasteiger charge is -2.31. The van der Waals surface area contributed by atoms with E-state index in [0.717, 1.165) is 17.3 Å². The van der Waals surface area contributed by atoms with Crippen molar-refractivity contribution in [1.82, 2.24) is 0 Å². The molecule has 3 heteroatoms. The number of halogens is 1. The molecule has 14 heavy (non-hydrogen) atoms. The second-order valence-electron chi connectivity index (χ2n) is 3.69. The average Bonchev–Trinajstić information content (AvgIpc) is 2.11. The molecule has 2 nitrogen and oxygen atoms in total. The minimum Gasteiger partial charge on any atom is -0.393 e. The first-order valence-electron chi connectivity index (χ1n) is 4.78. The molecule has 1 aromatic carbocycles. The lowest BCUT2D eigenvalue weighted by molar-refractivity contribution is -0.0778. The van der Waals surface area contributed by atoms with Crippen molar-refractivity contribution in [2.75, 3.05) is 0 Å². The zero-order valence-corrected chi connectivity index (χ0v) is 9.40. The Labute approximate surface area is 92.0 Å². The van der Waals surface area contributed by atoms with Gasteiger partial charge in [-0.3, -0.25) is 0 Å². The summed E-state index contributed by atoms with van der Waals surface area (Å²) in [6.07, 6.45) is 1.69. The van der Waals surface area contributed by atoms with Gasteiger partial charge in [0.15, 0.2) is 0 Å². The van der Waals surface area contributed by atoms with Gasteiger partial charge in [-0.05, 0) is 30.5 Å². The second-order valence-corrected chi connectivity index (χ2v) is 4.60. The molecule has 1 saturated carbocycles. The number of aliphatic hydroxyl groups is 1. The largest absolute Gasteiger partial charge is 0.393 e. The molecule has 1 aromatic rings. The van der Waals surface area contributed by atoms with Crippen LogP contribution in [0.15, 0.2) is 28.7 Å². The second kappa shape index (κ2) is 4.43. The predicted molar refractivity (Wildman–Crippen MR) is 58.0 cm³/mol. The molecule has 1 aliphatic rings. The third-order valence-corrected chi connectivity index (χ3v) is 2.94. The van der Waals surface area contributed by atoms with Gasteiger partial charge in [0.05, 0.1) is 18.8 Å². The molecule has 0 atom stereocenters. The lowest BCUT2D eigenvalue weighted by atomic mass is 9.92. The molecular formula is C11H13BrO2. The first kappa shape index (κ1) is 10.1. The van der Waals surface area contributed by atoms with Gasteiger partial charge < -0.3 is 9.84 Å². The number of aliphatic hydroxyl groups excluding tert-OH is 1. The zero-order valence-electron chi connectivity index (χ0n) is 7.82. The van der Waals surface area contributed by atoms with E-state index in [1.165, 1.54) is 5.56 Å². The SMILES string of the molecule is OC1CC(OCc2cccc(Br)c2)C1. The maximum atomic E-state index is 9.07. The van der Waals surface area contributed by atoms with Crippen LogP contribution in [0.3, 0.4) is 0 Å². The van der Waals surface area contributed by atoms with E-state index < -0.39 is 0 Å². The molecule has 0 radical (unpaired) electrons. The summed E-state index contributed by atoms with van der Waals surface area (Å²) in [6, 6.07) is 8.09. The van der Waals surface area contributed by atoms with Gasteiger partial charge >= 0.3 is 0 Å². The van der Waals surface area contributed by atoms with Crippen LogP contribution in [-0.4, -0.2) is 17.3 Å². The van der Waals surface area contributed by atoms with Crippen LogP contribution in [0.4, 0.5) is 0 Å². The van der Waals surface area contributed by atoms with E-state index in [-0.39, 0.29) is 12.2 Å². The standard InChI is InChI=1S/C11H13BrO2/c12-9-3-1-2-8(4-9)7-14-11-5-10(13)6-11/h1-4,10-11,13H,5-7H2. The maximum Gasteiger partial charge on any atom is 0.0721 e. The number of ether oxygens (including phenoxy) is 1. The fraction of sp³-hybridized carbons (Fsp3) is 0.455. The van der Waals surface area contributed by atoms with Crippen LogP contribution in [0.2, 0.25) is 0 Å². The van der Waals surface area contributed by atoms with Crippen molar-refractivity contribution in [3.8, 4) is 0 Å². The third kappa shape index (κ3) is 2.56. The molecule has 0 saturated heterocycles. The van der Waals surface area contributed by atoms with Gasteiger partial charge in [-0.25, -0.2) is 0 Å². The van der Waals surface area contributed by atoms with Gasteiger partial charge in [0.1, 0.15) is 0 Å². The monoisotopic (exact) mass is 256 g/mol. The molecular weight excluding hydrogens is 244 g/mol. The molecule has 76 valence electrons. The number of hydrogen-bond acceptors (Lipinski definition) is 2. The molecule has 1 fully saturated rings. The Morgan fingerprint density at radius 2 is 2.21 bits per heavy atom. The van der Waals surface area contributed by atoms with Gasteiger partial charge in [0.2, 0.25) is 0 Å². The van der Waals surface area contributed by atoms with E-state index in [1.54, 1.807) is 0 Å². The van der Waals surface area contributed by atoms with Gasteiger partial charge in [-0.15, -0.1) is 0 Å². The van der Waals surface area contributed by atoms with Crippen LogP contribution in [0.25, 0.3) is 0 Å². The van der Waals surface area contributed by atoms with Crippen molar-refractivity contribution < 1.29 is 9.84 Å². The van der Waals surface area contributed by atoms with Crippen molar-refractivity contribution >= 4 is 15.9 Å². The summed E-state index contributed by atoms with van der Waals surface area (Å²) in [7, 11) is 0. The Hall–Kier alpha value is -0.380. The summed E-state index contributed by atoms with van der Waals surface area (Å²) in [5, 5.41) is 9.07. The molecule has 0 aromatic heterocycles. The normalized spacial score (nSPS) is 25.9. The summed E-state index contributed by atoms with van der Waals surface area (Å²) in [4.78, 5) is 0. The van der Waals surface area contributed by atoms with Crippen molar-refractivity contribution in [2.45, 2.75) is 31.7 Å². The topological polar surface area (TPSA) is 29.5 Å². The minimum atomic E-state index is -0.137. The minimum absolute atomic E-state index is 0.137. The van der Waals surface area contributed by atoms with E-state index in [1.807, 2.05) is 18.2 Å². The smallest absolute Gasteiger partial charge is 0.0721 e. The molecule has 0 amide bonds. The number of rotatable bonds is 3. The summed E-state index contributed by atoms with van der Waals surface area (Å²) in [6.45, 7) is 0.636. The Morgan fingerprint density at radius 1 is 1.43 bits per heavy atom. The summed E-state index contributed by atoms with van der Waals surface area (Å²) in [5.41, 5.74) is 1.17. The highest BCUT2D eigenvalue weighted by Crippen LogP contribution is 2.24. The van der Waals surface area contributed by atoms with Gasteiger partial charge in [-0.1, -0.05) is 28.1 Å². The number of hydrogen-bond donors (Lipinski definition) is 1. The van der Waals surface area contributed by atoms with Crippen LogP contribution >= 0.6 is 15.9 Å². The van der Waals surface area contributed by atoms with E-state index >= 15 is 0 Å². The summed E-state index contributed by atoms with van der Waals surface area (Å²) < 4.78 is 6.68. The lowest BCUT2D eigenvalue weighted by Crippen LogP contribution is -2.35. The highest BCUT2D eigenvalue weighted by Gasteiger charge is 2.27. The number of benzene rings is 1. The van der Waals surface area contributed by atoms with E-state index in [0.29, 0.717) is 6.61 Å². The first-order valence-corrected chi connectivity index (χ1v) is 5.57. The van der Waals surface area contributed by atoms with Crippen LogP contribution in [-0.2, 0) is 11.3 Å². The van der Waals surface area contributed by atoms with Crippen LogP contribution < -0.4 is 0 Å². The van der Waals surface area contributed by atoms with Crippen molar-refractivity contribution in [2.24, 2.45) is 0 Å². The van der Waals surface area contributed by atoms with Gasteiger partial charge in [0, 0.05) is 4.47 Å². The van der Waals surface area contributed by atoms with Gasteiger partial charge in [-0.2, -0.15) is 0 Å². The van der Waals surface area contributed by atoms with Crippen molar-refractivity contribution in [3.05, 3.63) is 34.3 Å². The molecule has 1 N–H and O–H groups in total. The maximum absolute atomic E-state index is 9.07. The molecule has 0 heterocycles. The molecule has 1 aliphatic carbocycles.